The van der Waals surface area contributed by atoms with Gasteiger partial charge in [0.1, 0.15) is 0 Å². The Kier molecular flexibility index (Phi) is 4.72. The molecule has 0 amide bonds. The van der Waals surface area contributed by atoms with Gasteiger partial charge in [0.2, 0.25) is 0 Å². The second-order valence-corrected chi connectivity index (χ2v) is 8.01. The fraction of sp³-hybridized carbons (Fsp3) is 0.250. The fourth-order valence-electron chi connectivity index (χ4n) is 2.61. The van der Waals surface area contributed by atoms with Crippen molar-refractivity contribution in [2.75, 3.05) is 17.8 Å². The lowest BCUT2D eigenvalue weighted by Crippen LogP contribution is -2.18. The summed E-state index contributed by atoms with van der Waals surface area (Å²) in [6.45, 7) is 1.86. The summed E-state index contributed by atoms with van der Waals surface area (Å²) >= 11 is 10.1. The van der Waals surface area contributed by atoms with E-state index in [9.17, 15) is 8.42 Å². The zero-order chi connectivity index (χ0) is 16.4. The number of sulfonamides is 1. The van der Waals surface area contributed by atoms with E-state index in [-0.39, 0.29) is 4.91 Å². The van der Waals surface area contributed by atoms with Crippen LogP contribution in [0.15, 0.2) is 41.3 Å². The Morgan fingerprint density at radius 3 is 2.48 bits per heavy atom. The molecule has 3 rings (SSSR count). The van der Waals surface area contributed by atoms with Crippen LogP contribution in [0, 0.1) is 0 Å². The number of nitrogens with one attached hydrogen (secondary N) is 2. The summed E-state index contributed by atoms with van der Waals surface area (Å²) in [5.41, 5.74) is 3.01. The van der Waals surface area contributed by atoms with Gasteiger partial charge in [-0.1, -0.05) is 30.5 Å². The first-order chi connectivity index (χ1) is 11.0. The Morgan fingerprint density at radius 1 is 1.00 bits per heavy atom. The summed E-state index contributed by atoms with van der Waals surface area (Å²) in [6, 6.07) is 5.71. The maximum Gasteiger partial charge on any atom is 0.261 e. The first kappa shape index (κ1) is 16.4. The molecule has 0 unspecified atom stereocenters. The summed E-state index contributed by atoms with van der Waals surface area (Å²) in [5.74, 6) is 0. The summed E-state index contributed by atoms with van der Waals surface area (Å²) in [7, 11) is -3.67. The highest BCUT2D eigenvalue weighted by atomic mass is 32.2. The fourth-order valence-corrected chi connectivity index (χ4v) is 4.08. The van der Waals surface area contributed by atoms with Crippen LogP contribution in [-0.4, -0.2) is 31.2 Å². The zero-order valence-electron chi connectivity index (χ0n) is 12.3. The molecule has 0 saturated heterocycles. The minimum atomic E-state index is -3.67. The maximum absolute atomic E-state index is 12.5. The molecule has 120 valence electrons. The molecule has 1 aromatic carbocycles. The summed E-state index contributed by atoms with van der Waals surface area (Å²) in [6.07, 6.45) is 6.31. The average molecular weight is 365 g/mol. The SMILES string of the molecule is O=S(=O)(Nc1ccc2c(c1)CCNCC2)C1=CC(=S)C(=S)C=C1. The van der Waals surface area contributed by atoms with Crippen LogP contribution >= 0.6 is 24.4 Å². The molecule has 7 heteroatoms. The van der Waals surface area contributed by atoms with E-state index < -0.39 is 10.0 Å². The molecular formula is C16H16N2O2S3. The van der Waals surface area contributed by atoms with Crippen molar-refractivity contribution >= 4 is 49.9 Å². The van der Waals surface area contributed by atoms with Gasteiger partial charge in [0.05, 0.1) is 14.6 Å². The minimum Gasteiger partial charge on any atom is -0.316 e. The van der Waals surface area contributed by atoms with E-state index in [4.69, 9.17) is 24.4 Å². The summed E-state index contributed by atoms with van der Waals surface area (Å²) in [5, 5.41) is 3.34. The lowest BCUT2D eigenvalue weighted by molar-refractivity contribution is 0.608. The van der Waals surface area contributed by atoms with Crippen LogP contribution in [0.3, 0.4) is 0 Å². The van der Waals surface area contributed by atoms with Crippen LogP contribution in [-0.2, 0) is 22.9 Å². The van der Waals surface area contributed by atoms with Crippen molar-refractivity contribution < 1.29 is 8.42 Å². The van der Waals surface area contributed by atoms with Gasteiger partial charge in [-0.2, -0.15) is 0 Å². The summed E-state index contributed by atoms with van der Waals surface area (Å²) in [4.78, 5) is 0.986. The number of rotatable bonds is 3. The first-order valence-electron chi connectivity index (χ1n) is 7.29. The molecule has 1 aromatic rings. The number of fused-ring (bicyclic) bond motifs is 1. The Hall–Kier alpha value is -1.41. The molecule has 2 N–H and O–H groups in total. The third kappa shape index (κ3) is 3.74. The normalized spacial score (nSPS) is 18.2. The van der Waals surface area contributed by atoms with Crippen molar-refractivity contribution in [3.63, 3.8) is 0 Å². The van der Waals surface area contributed by atoms with Crippen molar-refractivity contribution in [2.45, 2.75) is 12.8 Å². The van der Waals surface area contributed by atoms with Gasteiger partial charge >= 0.3 is 0 Å². The Balaban J connectivity index is 1.85. The van der Waals surface area contributed by atoms with Crippen molar-refractivity contribution in [2.24, 2.45) is 0 Å². The first-order valence-corrected chi connectivity index (χ1v) is 9.59. The molecule has 4 nitrogen and oxygen atoms in total. The number of anilines is 1. The molecule has 1 heterocycles. The van der Waals surface area contributed by atoms with Crippen LogP contribution in [0.25, 0.3) is 0 Å². The zero-order valence-corrected chi connectivity index (χ0v) is 14.8. The number of hydrogen-bond acceptors (Lipinski definition) is 5. The number of hydrogen-bond donors (Lipinski definition) is 2. The maximum atomic E-state index is 12.5. The van der Waals surface area contributed by atoms with E-state index in [1.807, 2.05) is 12.1 Å². The van der Waals surface area contributed by atoms with Gasteiger partial charge in [0, 0.05) is 5.69 Å². The molecule has 0 radical (unpaired) electrons. The molecular weight excluding hydrogens is 348 g/mol. The van der Waals surface area contributed by atoms with Crippen LogP contribution in [0.2, 0.25) is 0 Å². The third-order valence-electron chi connectivity index (χ3n) is 3.83. The van der Waals surface area contributed by atoms with E-state index in [0.29, 0.717) is 15.4 Å². The largest absolute Gasteiger partial charge is 0.316 e. The molecule has 2 aliphatic rings. The molecule has 0 bridgehead atoms. The Morgan fingerprint density at radius 2 is 1.74 bits per heavy atom. The predicted octanol–water partition coefficient (Wildman–Crippen LogP) is 2.31. The smallest absolute Gasteiger partial charge is 0.261 e. The van der Waals surface area contributed by atoms with Crippen molar-refractivity contribution in [3.05, 3.63) is 52.5 Å². The van der Waals surface area contributed by atoms with E-state index in [0.717, 1.165) is 25.9 Å². The van der Waals surface area contributed by atoms with Gasteiger partial charge in [-0.05, 0) is 67.4 Å². The van der Waals surface area contributed by atoms with Crippen LogP contribution in [0.4, 0.5) is 5.69 Å². The number of benzene rings is 1. The predicted molar refractivity (Wildman–Crippen MR) is 102 cm³/mol. The van der Waals surface area contributed by atoms with Gasteiger partial charge in [0.15, 0.2) is 0 Å². The van der Waals surface area contributed by atoms with E-state index in [1.54, 1.807) is 12.1 Å². The van der Waals surface area contributed by atoms with Gasteiger partial charge in [-0.25, -0.2) is 8.42 Å². The monoisotopic (exact) mass is 364 g/mol. The highest BCUT2D eigenvalue weighted by Crippen LogP contribution is 2.22. The average Bonchev–Trinajstić information content (AvgIpc) is 2.74. The highest BCUT2D eigenvalue weighted by molar-refractivity contribution is 7.97. The number of allylic oxidation sites excluding steroid dienone is 3. The van der Waals surface area contributed by atoms with Gasteiger partial charge in [0.25, 0.3) is 10.0 Å². The van der Waals surface area contributed by atoms with Crippen molar-refractivity contribution in [3.8, 4) is 0 Å². The Bertz CT molecular complexity index is 839. The van der Waals surface area contributed by atoms with Gasteiger partial charge in [-0.15, -0.1) is 0 Å². The molecule has 23 heavy (non-hydrogen) atoms. The Labute approximate surface area is 146 Å². The minimum absolute atomic E-state index is 0.132. The van der Waals surface area contributed by atoms with Gasteiger partial charge in [-0.3, -0.25) is 4.72 Å². The topological polar surface area (TPSA) is 58.2 Å². The van der Waals surface area contributed by atoms with Gasteiger partial charge < -0.3 is 5.32 Å². The lowest BCUT2D eigenvalue weighted by Gasteiger charge is -2.13. The van der Waals surface area contributed by atoms with E-state index in [1.165, 1.54) is 23.3 Å². The standard InChI is InChI=1S/C16H16N2O2S3/c19-23(20,14-3-4-15(21)16(22)10-14)18-13-2-1-11-5-7-17-8-6-12(11)9-13/h1-4,9-10,17-18H,5-8H2. The lowest BCUT2D eigenvalue weighted by atomic mass is 10.0. The molecule has 0 aromatic heterocycles. The molecule has 0 atom stereocenters. The van der Waals surface area contributed by atoms with Crippen molar-refractivity contribution in [1.29, 1.82) is 0 Å². The van der Waals surface area contributed by atoms with E-state index >= 15 is 0 Å². The molecule has 1 aliphatic carbocycles. The molecule has 0 fully saturated rings. The third-order valence-corrected chi connectivity index (χ3v) is 6.03. The van der Waals surface area contributed by atoms with Crippen molar-refractivity contribution in [1.82, 2.24) is 5.32 Å². The second kappa shape index (κ2) is 6.60. The molecule has 0 spiro atoms. The molecule has 1 aliphatic heterocycles. The number of thiocarbonyl (C=S) groups is 2. The van der Waals surface area contributed by atoms with Crippen LogP contribution in [0.1, 0.15) is 11.1 Å². The van der Waals surface area contributed by atoms with Crippen LogP contribution < -0.4 is 10.0 Å². The summed E-state index contributed by atoms with van der Waals surface area (Å²) < 4.78 is 27.6. The van der Waals surface area contributed by atoms with E-state index in [2.05, 4.69) is 10.0 Å². The quantitative estimate of drug-likeness (QED) is 0.806. The molecule has 0 saturated carbocycles. The van der Waals surface area contributed by atoms with Crippen LogP contribution in [0.5, 0.6) is 0 Å². The second-order valence-electron chi connectivity index (χ2n) is 5.45. The highest BCUT2D eigenvalue weighted by Gasteiger charge is 2.20.